The first kappa shape index (κ1) is 31.9. The fraction of sp³-hybridized carbons (Fsp3) is 0.357. The van der Waals surface area contributed by atoms with Crippen LogP contribution in [0, 0.1) is 6.92 Å². The van der Waals surface area contributed by atoms with Crippen molar-refractivity contribution < 1.29 is 36.5 Å². The second kappa shape index (κ2) is 12.1. The maximum absolute atomic E-state index is 13.9. The van der Waals surface area contributed by atoms with Crippen LogP contribution in [-0.2, 0) is 6.54 Å². The van der Waals surface area contributed by atoms with Crippen molar-refractivity contribution in [3.8, 4) is 11.5 Å². The number of benzene rings is 2. The summed E-state index contributed by atoms with van der Waals surface area (Å²) in [5, 5.41) is 10.0. The molecule has 0 spiro atoms. The van der Waals surface area contributed by atoms with Crippen LogP contribution in [0.15, 0.2) is 52.1 Å². The number of aromatic nitrogens is 2. The Kier molecular flexibility index (Phi) is 9.39. The van der Waals surface area contributed by atoms with E-state index in [9.17, 15) is 36.6 Å². The summed E-state index contributed by atoms with van der Waals surface area (Å²) in [6.45, 7) is 5.46. The largest absolute Gasteiger partial charge is 0.482 e. The number of hydrogen-bond acceptors (Lipinski definition) is 5. The van der Waals surface area contributed by atoms with Gasteiger partial charge < -0.3 is 14.6 Å². The molecule has 0 aliphatic heterocycles. The first-order valence-electron chi connectivity index (χ1n) is 12.3. The number of nitrogens with zero attached hydrogens (tertiary/aromatic N) is 1. The van der Waals surface area contributed by atoms with Crippen molar-refractivity contribution in [1.29, 1.82) is 0 Å². The van der Waals surface area contributed by atoms with Crippen LogP contribution in [0.2, 0.25) is 5.02 Å². The fourth-order valence-electron chi connectivity index (χ4n) is 4.12. The Morgan fingerprint density at radius 1 is 1.02 bits per heavy atom. The van der Waals surface area contributed by atoms with Crippen molar-refractivity contribution in [2.24, 2.45) is 0 Å². The molecule has 0 saturated heterocycles. The van der Waals surface area contributed by atoms with E-state index >= 15 is 0 Å². The van der Waals surface area contributed by atoms with Crippen molar-refractivity contribution in [3.63, 3.8) is 0 Å². The number of aromatic amines is 1. The van der Waals surface area contributed by atoms with Crippen molar-refractivity contribution in [3.05, 3.63) is 90.7 Å². The number of hydrogen-bond donors (Lipinski definition) is 2. The maximum Gasteiger partial charge on any atom is 0.416 e. The summed E-state index contributed by atoms with van der Waals surface area (Å²) in [5.74, 6) is -0.293. The highest BCUT2D eigenvalue weighted by atomic mass is 35.5. The zero-order chi connectivity index (χ0) is 30.9. The van der Waals surface area contributed by atoms with Crippen molar-refractivity contribution in [1.82, 2.24) is 9.55 Å². The molecule has 0 fully saturated rings. The number of nitrogens with one attached hydrogen (secondary N) is 1. The van der Waals surface area contributed by atoms with E-state index in [-0.39, 0.29) is 28.3 Å². The maximum atomic E-state index is 13.9. The van der Waals surface area contributed by atoms with Crippen LogP contribution in [0.1, 0.15) is 56.2 Å². The number of alkyl halides is 5. The average Bonchev–Trinajstić information content (AvgIpc) is 2.85. The van der Waals surface area contributed by atoms with E-state index in [0.29, 0.717) is 27.7 Å². The molecule has 7 nitrogen and oxygen atoms in total. The molecule has 3 rings (SSSR count). The predicted molar refractivity (Wildman–Crippen MR) is 144 cm³/mol. The minimum atomic E-state index is -4.99. The predicted octanol–water partition coefficient (Wildman–Crippen LogP) is 6.50. The highest BCUT2D eigenvalue weighted by Crippen LogP contribution is 2.38. The van der Waals surface area contributed by atoms with Crippen LogP contribution >= 0.6 is 11.6 Å². The van der Waals surface area contributed by atoms with Crippen molar-refractivity contribution in [2.75, 3.05) is 0 Å². The molecule has 2 N–H and O–H groups in total. The van der Waals surface area contributed by atoms with Crippen LogP contribution in [0.3, 0.4) is 0 Å². The van der Waals surface area contributed by atoms with Crippen LogP contribution < -0.4 is 20.7 Å². The van der Waals surface area contributed by atoms with Crippen LogP contribution in [0.5, 0.6) is 11.5 Å². The summed E-state index contributed by atoms with van der Waals surface area (Å²) in [6.07, 6.45) is -12.0. The lowest BCUT2D eigenvalue weighted by atomic mass is 9.96. The molecule has 0 saturated carbocycles. The van der Waals surface area contributed by atoms with Crippen LogP contribution in [0.25, 0.3) is 11.1 Å². The van der Waals surface area contributed by atoms with E-state index in [1.807, 2.05) is 4.98 Å². The molecule has 0 aliphatic carbocycles. The Morgan fingerprint density at radius 2 is 1.63 bits per heavy atom. The summed E-state index contributed by atoms with van der Waals surface area (Å²) in [4.78, 5) is 27.0. The average molecular weight is 603 g/mol. The topological polar surface area (TPSA) is 93.6 Å². The molecule has 41 heavy (non-hydrogen) atoms. The molecule has 3 aromatic rings. The lowest BCUT2D eigenvalue weighted by Crippen LogP contribution is -2.41. The molecule has 2 aromatic carbocycles. The van der Waals surface area contributed by atoms with Gasteiger partial charge in [0, 0.05) is 17.6 Å². The summed E-state index contributed by atoms with van der Waals surface area (Å²) in [7, 11) is 0. The van der Waals surface area contributed by atoms with Gasteiger partial charge in [-0.05, 0) is 74.2 Å². The highest BCUT2D eigenvalue weighted by Gasteiger charge is 2.39. The summed E-state index contributed by atoms with van der Waals surface area (Å²) in [6, 6.07) is 11.0. The normalized spacial score (nSPS) is 14.3. The standard InChI is InChI=1S/C28H28ClF5N2O5/c1-14(15(2)24-16(3)36(26(39)35-25(24)38)13-23(37)28(32,33)34)19-8-11-21(22(12-19)41-27(5,30)31)40-17(4)18-6-9-20(29)10-7-18/h6-12,17,23,37H,13H2,1-5H3,(H,35,38,39)/b15-14+/t17?,23-/m1/s1. The van der Waals surface area contributed by atoms with E-state index in [4.69, 9.17) is 21.1 Å². The Balaban J connectivity index is 2.08. The lowest BCUT2D eigenvalue weighted by Gasteiger charge is -2.22. The first-order valence-corrected chi connectivity index (χ1v) is 12.7. The third-order valence-electron chi connectivity index (χ3n) is 6.44. The monoisotopic (exact) mass is 602 g/mol. The SMILES string of the molecule is C/C(=C(/C)c1c(C)n(C[C@@H](O)C(F)(F)F)c(=O)[nH]c1=O)c1ccc(OC(C)c2ccc(Cl)cc2)c(OC(C)(F)F)c1. The van der Waals surface area contributed by atoms with Gasteiger partial charge in [0.1, 0.15) is 6.10 Å². The number of aliphatic hydroxyl groups is 1. The number of halogens is 6. The quantitative estimate of drug-likeness (QED) is 0.273. The number of ether oxygens (including phenoxy) is 2. The molecule has 1 unspecified atom stereocenters. The lowest BCUT2D eigenvalue weighted by molar-refractivity contribution is -0.207. The van der Waals surface area contributed by atoms with Crippen LogP contribution in [-0.4, -0.2) is 33.0 Å². The third-order valence-corrected chi connectivity index (χ3v) is 6.69. The van der Waals surface area contributed by atoms with Gasteiger partial charge in [-0.2, -0.15) is 22.0 Å². The highest BCUT2D eigenvalue weighted by molar-refractivity contribution is 6.30. The Bertz CT molecular complexity index is 1560. The first-order chi connectivity index (χ1) is 18.9. The number of rotatable bonds is 9. The molecule has 1 aromatic heterocycles. The second-order valence-corrected chi connectivity index (χ2v) is 9.96. The van der Waals surface area contributed by atoms with Gasteiger partial charge in [-0.3, -0.25) is 14.3 Å². The van der Waals surface area contributed by atoms with Gasteiger partial charge in [-0.15, -0.1) is 0 Å². The van der Waals surface area contributed by atoms with Gasteiger partial charge in [-0.25, -0.2) is 4.79 Å². The molecule has 0 radical (unpaired) electrons. The molecule has 0 amide bonds. The summed E-state index contributed by atoms with van der Waals surface area (Å²) >= 11 is 5.92. The van der Waals surface area contributed by atoms with Gasteiger partial charge in [0.2, 0.25) is 0 Å². The zero-order valence-electron chi connectivity index (χ0n) is 22.7. The van der Waals surface area contributed by atoms with E-state index in [0.717, 1.165) is 5.56 Å². The van der Waals surface area contributed by atoms with E-state index in [1.165, 1.54) is 32.0 Å². The third kappa shape index (κ3) is 7.76. The Labute approximate surface area is 236 Å². The molecule has 1 heterocycles. The molecular weight excluding hydrogens is 575 g/mol. The number of aliphatic hydroxyl groups excluding tert-OH is 1. The number of allylic oxidation sites excluding steroid dienone is 2. The Hall–Kier alpha value is -3.64. The van der Waals surface area contributed by atoms with Crippen molar-refractivity contribution in [2.45, 2.75) is 65.7 Å². The molecular formula is C28H28ClF5N2O5. The zero-order valence-corrected chi connectivity index (χ0v) is 23.5. The van der Waals surface area contributed by atoms with E-state index in [1.54, 1.807) is 38.1 Å². The fourth-order valence-corrected chi connectivity index (χ4v) is 4.25. The second-order valence-electron chi connectivity index (χ2n) is 9.52. The van der Waals surface area contributed by atoms with Gasteiger partial charge in [0.15, 0.2) is 17.6 Å². The molecule has 222 valence electrons. The van der Waals surface area contributed by atoms with Crippen LogP contribution in [0.4, 0.5) is 22.0 Å². The Morgan fingerprint density at radius 3 is 2.20 bits per heavy atom. The molecule has 0 bridgehead atoms. The summed E-state index contributed by atoms with van der Waals surface area (Å²) in [5.41, 5.74) is -0.542. The van der Waals surface area contributed by atoms with Gasteiger partial charge in [-0.1, -0.05) is 29.8 Å². The van der Waals surface area contributed by atoms with E-state index in [2.05, 4.69) is 0 Å². The van der Waals surface area contributed by atoms with Gasteiger partial charge in [0.25, 0.3) is 5.56 Å². The molecule has 13 heteroatoms. The van der Waals surface area contributed by atoms with E-state index < -0.39 is 42.3 Å². The number of H-pyrrole nitrogens is 1. The van der Waals surface area contributed by atoms with Gasteiger partial charge >= 0.3 is 18.0 Å². The summed E-state index contributed by atoms with van der Waals surface area (Å²) < 4.78 is 78.1. The molecule has 2 atom stereocenters. The van der Waals surface area contributed by atoms with Crippen molar-refractivity contribution >= 4 is 22.7 Å². The molecule has 0 aliphatic rings. The minimum absolute atomic E-state index is 0.00638. The smallest absolute Gasteiger partial charge is 0.416 e. The minimum Gasteiger partial charge on any atom is -0.482 e. The van der Waals surface area contributed by atoms with Gasteiger partial charge in [0.05, 0.1) is 12.1 Å².